The second kappa shape index (κ2) is 10.4. The zero-order chi connectivity index (χ0) is 24.3. The van der Waals surface area contributed by atoms with Gasteiger partial charge in [-0.05, 0) is 55.6 Å². The van der Waals surface area contributed by atoms with Gasteiger partial charge in [0, 0.05) is 35.8 Å². The van der Waals surface area contributed by atoms with Crippen molar-refractivity contribution in [1.29, 1.82) is 0 Å². The molecule has 0 radical (unpaired) electrons. The summed E-state index contributed by atoms with van der Waals surface area (Å²) in [6.07, 6.45) is 8.55. The van der Waals surface area contributed by atoms with Crippen LogP contribution in [0.2, 0.25) is 5.02 Å². The summed E-state index contributed by atoms with van der Waals surface area (Å²) >= 11 is 6.13. The van der Waals surface area contributed by atoms with Gasteiger partial charge in [-0.1, -0.05) is 49.1 Å². The smallest absolute Gasteiger partial charge is 0.268 e. The van der Waals surface area contributed by atoms with Crippen molar-refractivity contribution in [1.82, 2.24) is 25.3 Å². The summed E-state index contributed by atoms with van der Waals surface area (Å²) in [6, 6.07) is 13.7. The number of rotatable bonds is 7. The zero-order valence-corrected chi connectivity index (χ0v) is 20.6. The van der Waals surface area contributed by atoms with E-state index in [9.17, 15) is 9.59 Å². The number of amides is 2. The number of carbonyl (C=O) groups is 2. The quantitative estimate of drug-likeness (QED) is 0.469. The molecule has 2 fully saturated rings. The fraction of sp³-hybridized carbons (Fsp3) is 0.444. The topological polar surface area (TPSA) is 87.5 Å². The highest BCUT2D eigenvalue weighted by atomic mass is 35.5. The van der Waals surface area contributed by atoms with E-state index in [2.05, 4.69) is 33.1 Å². The van der Waals surface area contributed by atoms with E-state index < -0.39 is 0 Å². The summed E-state index contributed by atoms with van der Waals surface area (Å²) in [5, 5.41) is 10.2. The summed E-state index contributed by atoms with van der Waals surface area (Å²) in [4.78, 5) is 30.4. The molecule has 3 aromatic rings. The van der Waals surface area contributed by atoms with Crippen molar-refractivity contribution in [2.24, 2.45) is 0 Å². The molecule has 1 aliphatic heterocycles. The lowest BCUT2D eigenvalue weighted by atomic mass is 9.69. The van der Waals surface area contributed by atoms with Crippen LogP contribution in [0.5, 0.6) is 0 Å². The van der Waals surface area contributed by atoms with Crippen molar-refractivity contribution >= 4 is 29.1 Å². The highest BCUT2D eigenvalue weighted by Gasteiger charge is 2.34. The van der Waals surface area contributed by atoms with Crippen molar-refractivity contribution in [2.45, 2.75) is 56.4 Å². The maximum absolute atomic E-state index is 13.3. The average molecular weight is 494 g/mol. The second-order valence-electron chi connectivity index (χ2n) is 9.84. The Morgan fingerprint density at radius 2 is 1.91 bits per heavy atom. The van der Waals surface area contributed by atoms with Crippen LogP contribution < -0.4 is 16.0 Å². The predicted molar refractivity (Wildman–Crippen MR) is 137 cm³/mol. The van der Waals surface area contributed by atoms with Crippen LogP contribution in [0.25, 0.3) is 5.65 Å². The minimum atomic E-state index is -0.139. The number of pyridine rings is 1. The first-order valence-corrected chi connectivity index (χ1v) is 12.9. The normalized spacial score (nSPS) is 19.5. The lowest BCUT2D eigenvalue weighted by molar-refractivity contribution is -0.121. The molecule has 1 saturated heterocycles. The Morgan fingerprint density at radius 3 is 2.66 bits per heavy atom. The van der Waals surface area contributed by atoms with Gasteiger partial charge in [0.2, 0.25) is 5.91 Å². The van der Waals surface area contributed by atoms with Gasteiger partial charge < -0.3 is 16.0 Å². The van der Waals surface area contributed by atoms with Gasteiger partial charge in [0.25, 0.3) is 5.91 Å². The summed E-state index contributed by atoms with van der Waals surface area (Å²) in [7, 11) is 0. The largest absolute Gasteiger partial charge is 0.352 e. The summed E-state index contributed by atoms with van der Waals surface area (Å²) in [6.45, 7) is 2.30. The van der Waals surface area contributed by atoms with Gasteiger partial charge in [-0.2, -0.15) is 0 Å². The van der Waals surface area contributed by atoms with Crippen LogP contribution in [0.15, 0.2) is 48.7 Å². The second-order valence-corrected chi connectivity index (χ2v) is 10.3. The molecule has 5 rings (SSSR count). The minimum absolute atomic E-state index is 0.0460. The Labute approximate surface area is 210 Å². The Hall–Kier alpha value is -2.90. The van der Waals surface area contributed by atoms with Gasteiger partial charge in [-0.3, -0.25) is 14.0 Å². The number of nitrogens with zero attached hydrogens (tertiary/aromatic N) is 2. The van der Waals surface area contributed by atoms with Gasteiger partial charge in [0.15, 0.2) is 0 Å². The van der Waals surface area contributed by atoms with Crippen LogP contribution in [0.1, 0.15) is 60.3 Å². The third kappa shape index (κ3) is 5.36. The molecule has 2 amide bonds. The van der Waals surface area contributed by atoms with E-state index >= 15 is 0 Å². The molecular formula is C27H32ClN5O2. The van der Waals surface area contributed by atoms with Crippen LogP contribution in [0, 0.1) is 0 Å². The van der Waals surface area contributed by atoms with E-state index in [-0.39, 0.29) is 29.7 Å². The first-order valence-electron chi connectivity index (χ1n) is 12.5. The Kier molecular flexibility index (Phi) is 7.07. The molecule has 184 valence electrons. The van der Waals surface area contributed by atoms with Gasteiger partial charge >= 0.3 is 0 Å². The Balaban J connectivity index is 1.30. The molecule has 1 atom stereocenters. The Morgan fingerprint density at radius 1 is 1.11 bits per heavy atom. The number of hydrogen-bond donors (Lipinski definition) is 3. The molecule has 1 saturated carbocycles. The van der Waals surface area contributed by atoms with Crippen molar-refractivity contribution in [3.05, 3.63) is 70.6 Å². The van der Waals surface area contributed by atoms with E-state index in [0.717, 1.165) is 50.2 Å². The van der Waals surface area contributed by atoms with E-state index in [1.54, 1.807) is 16.7 Å². The van der Waals surface area contributed by atoms with E-state index in [1.165, 1.54) is 12.0 Å². The first-order chi connectivity index (χ1) is 17.0. The third-order valence-corrected chi connectivity index (χ3v) is 7.65. The number of imidazole rings is 1. The number of fused-ring (bicyclic) bond motifs is 1. The lowest BCUT2D eigenvalue weighted by Gasteiger charge is -2.38. The van der Waals surface area contributed by atoms with Crippen molar-refractivity contribution in [3.63, 3.8) is 0 Å². The van der Waals surface area contributed by atoms with Gasteiger partial charge in [0.1, 0.15) is 11.3 Å². The van der Waals surface area contributed by atoms with E-state index in [0.29, 0.717) is 23.6 Å². The van der Waals surface area contributed by atoms with Crippen molar-refractivity contribution in [3.8, 4) is 0 Å². The summed E-state index contributed by atoms with van der Waals surface area (Å²) in [5.41, 5.74) is 2.98. The third-order valence-electron chi connectivity index (χ3n) is 7.40. The monoisotopic (exact) mass is 493 g/mol. The molecule has 2 aliphatic rings. The SMILES string of the molecule is O=C(Cc1cn2c(C(=O)NCC3(c4ccc(Cl)cc4)CCCCC3)cccc2n1)N[C@@H]1CCNC1. The molecule has 2 aromatic heterocycles. The number of halogens is 1. The van der Waals surface area contributed by atoms with Gasteiger partial charge in [0.05, 0.1) is 12.1 Å². The van der Waals surface area contributed by atoms with Crippen LogP contribution in [0.4, 0.5) is 0 Å². The molecule has 3 N–H and O–H groups in total. The maximum Gasteiger partial charge on any atom is 0.268 e. The number of nitrogens with one attached hydrogen (secondary N) is 3. The molecule has 0 spiro atoms. The molecule has 3 heterocycles. The molecule has 0 unspecified atom stereocenters. The fourth-order valence-electron chi connectivity index (χ4n) is 5.49. The Bertz CT molecular complexity index is 1190. The minimum Gasteiger partial charge on any atom is -0.352 e. The first kappa shape index (κ1) is 23.8. The summed E-state index contributed by atoms with van der Waals surface area (Å²) < 4.78 is 1.78. The molecule has 1 aliphatic carbocycles. The summed E-state index contributed by atoms with van der Waals surface area (Å²) in [5.74, 6) is -0.185. The molecule has 35 heavy (non-hydrogen) atoms. The number of carbonyl (C=O) groups excluding carboxylic acids is 2. The molecule has 8 heteroatoms. The highest BCUT2D eigenvalue weighted by Crippen LogP contribution is 2.39. The van der Waals surface area contributed by atoms with Gasteiger partial charge in [-0.25, -0.2) is 4.98 Å². The predicted octanol–water partition coefficient (Wildman–Crippen LogP) is 3.64. The van der Waals surface area contributed by atoms with E-state index in [1.807, 2.05) is 24.3 Å². The standard InChI is InChI=1S/C27H32ClN5O2/c28-20-9-7-19(8-10-20)27(12-2-1-3-13-27)18-30-26(35)23-5-4-6-24-31-22(17-33(23)24)15-25(34)32-21-11-14-29-16-21/h4-10,17,21,29H,1-3,11-16,18H2,(H,30,35)(H,32,34)/t21-/m1/s1. The van der Waals surface area contributed by atoms with Crippen molar-refractivity contribution in [2.75, 3.05) is 19.6 Å². The van der Waals surface area contributed by atoms with E-state index in [4.69, 9.17) is 11.6 Å². The maximum atomic E-state index is 13.3. The molecule has 1 aromatic carbocycles. The highest BCUT2D eigenvalue weighted by molar-refractivity contribution is 6.30. The molecule has 0 bridgehead atoms. The van der Waals surface area contributed by atoms with Crippen LogP contribution in [-0.2, 0) is 16.6 Å². The molecule has 7 nitrogen and oxygen atoms in total. The average Bonchev–Trinajstić information content (AvgIpc) is 3.52. The fourth-order valence-corrected chi connectivity index (χ4v) is 5.62. The number of aromatic nitrogens is 2. The number of benzene rings is 1. The van der Waals surface area contributed by atoms with Crippen LogP contribution >= 0.6 is 11.6 Å². The van der Waals surface area contributed by atoms with Crippen LogP contribution in [-0.4, -0.2) is 46.9 Å². The molecular weight excluding hydrogens is 462 g/mol. The van der Waals surface area contributed by atoms with Crippen LogP contribution in [0.3, 0.4) is 0 Å². The van der Waals surface area contributed by atoms with Crippen molar-refractivity contribution < 1.29 is 9.59 Å². The van der Waals surface area contributed by atoms with Gasteiger partial charge in [-0.15, -0.1) is 0 Å². The zero-order valence-electron chi connectivity index (χ0n) is 19.9. The lowest BCUT2D eigenvalue weighted by Crippen LogP contribution is -2.42. The number of hydrogen-bond acceptors (Lipinski definition) is 4.